The van der Waals surface area contributed by atoms with Gasteiger partial charge in [-0.25, -0.2) is 4.79 Å². The van der Waals surface area contributed by atoms with Gasteiger partial charge in [-0.3, -0.25) is 0 Å². The first-order valence-corrected chi connectivity index (χ1v) is 9.62. The lowest BCUT2D eigenvalue weighted by molar-refractivity contribution is -0.0406. The summed E-state index contributed by atoms with van der Waals surface area (Å²) in [5.74, 6) is 2.00. The molecule has 5 nitrogen and oxygen atoms in total. The van der Waals surface area contributed by atoms with Crippen molar-refractivity contribution in [3.8, 4) is 0 Å². The Morgan fingerprint density at radius 1 is 1.08 bits per heavy atom. The van der Waals surface area contributed by atoms with Crippen LogP contribution < -0.4 is 10.6 Å². The van der Waals surface area contributed by atoms with E-state index in [4.69, 9.17) is 9.47 Å². The second-order valence-electron chi connectivity index (χ2n) is 9.12. The number of alkyl carbamates (subject to hydrolysis) is 1. The molecule has 2 aliphatic carbocycles. The fraction of sp³-hybridized carbons (Fsp3) is 0.947. The topological polar surface area (TPSA) is 59.6 Å². The van der Waals surface area contributed by atoms with Crippen LogP contribution in [0.2, 0.25) is 0 Å². The van der Waals surface area contributed by atoms with Crippen LogP contribution >= 0.6 is 0 Å². The lowest BCUT2D eigenvalue weighted by Gasteiger charge is -2.50. The van der Waals surface area contributed by atoms with Crippen LogP contribution in [-0.4, -0.2) is 42.5 Å². The van der Waals surface area contributed by atoms with Gasteiger partial charge in [0.05, 0.1) is 18.2 Å². The maximum absolute atomic E-state index is 12.2. The molecule has 1 aliphatic heterocycles. The van der Waals surface area contributed by atoms with Gasteiger partial charge in [-0.15, -0.1) is 0 Å². The van der Waals surface area contributed by atoms with E-state index >= 15 is 0 Å². The maximum atomic E-state index is 12.2. The number of ether oxygens (including phenoxy) is 2. The van der Waals surface area contributed by atoms with Gasteiger partial charge >= 0.3 is 6.09 Å². The quantitative estimate of drug-likeness (QED) is 0.830. The summed E-state index contributed by atoms with van der Waals surface area (Å²) in [5.41, 5.74) is -0.461. The number of hydrogen-bond acceptors (Lipinski definition) is 4. The average molecular weight is 338 g/mol. The fourth-order valence-corrected chi connectivity index (χ4v) is 4.52. The van der Waals surface area contributed by atoms with E-state index in [-0.39, 0.29) is 24.3 Å². The van der Waals surface area contributed by atoms with E-state index in [0.29, 0.717) is 12.0 Å². The second kappa shape index (κ2) is 6.83. The third kappa shape index (κ3) is 3.88. The number of fused-ring (bicyclic) bond motifs is 1. The predicted molar refractivity (Wildman–Crippen MR) is 93.9 cm³/mol. The van der Waals surface area contributed by atoms with E-state index in [1.807, 2.05) is 20.8 Å². The first-order valence-electron chi connectivity index (χ1n) is 9.62. The van der Waals surface area contributed by atoms with Crippen molar-refractivity contribution in [1.82, 2.24) is 10.6 Å². The van der Waals surface area contributed by atoms with Gasteiger partial charge in [-0.05, 0) is 58.3 Å². The number of rotatable bonds is 3. The van der Waals surface area contributed by atoms with Crippen molar-refractivity contribution < 1.29 is 14.3 Å². The Morgan fingerprint density at radius 3 is 2.50 bits per heavy atom. The highest BCUT2D eigenvalue weighted by atomic mass is 16.6. The van der Waals surface area contributed by atoms with Crippen molar-refractivity contribution in [3.63, 3.8) is 0 Å². The van der Waals surface area contributed by atoms with E-state index in [9.17, 15) is 4.79 Å². The summed E-state index contributed by atoms with van der Waals surface area (Å²) < 4.78 is 11.4. The van der Waals surface area contributed by atoms with E-state index in [1.165, 1.54) is 19.3 Å². The second-order valence-corrected chi connectivity index (χ2v) is 9.12. The summed E-state index contributed by atoms with van der Waals surface area (Å²) in [4.78, 5) is 12.2. The molecule has 7 unspecified atom stereocenters. The molecule has 138 valence electrons. The van der Waals surface area contributed by atoms with E-state index < -0.39 is 5.60 Å². The minimum Gasteiger partial charge on any atom is -0.444 e. The van der Waals surface area contributed by atoms with Gasteiger partial charge < -0.3 is 20.1 Å². The van der Waals surface area contributed by atoms with E-state index in [0.717, 1.165) is 24.9 Å². The third-order valence-corrected chi connectivity index (χ3v) is 6.10. The summed E-state index contributed by atoms with van der Waals surface area (Å²) in [6.45, 7) is 11.2. The Bertz CT molecular complexity index is 462. The molecule has 0 bridgehead atoms. The Kier molecular flexibility index (Phi) is 5.12. The Labute approximate surface area is 146 Å². The monoisotopic (exact) mass is 338 g/mol. The lowest BCUT2D eigenvalue weighted by Crippen LogP contribution is -2.71. The molecule has 0 aromatic carbocycles. The fourth-order valence-electron chi connectivity index (χ4n) is 4.52. The molecule has 0 spiro atoms. The normalized spacial score (nSPS) is 42.1. The van der Waals surface area contributed by atoms with Crippen LogP contribution in [0.4, 0.5) is 4.79 Å². The molecule has 1 amide bonds. The molecule has 3 rings (SSSR count). The van der Waals surface area contributed by atoms with Gasteiger partial charge in [0.15, 0.2) is 0 Å². The molecule has 24 heavy (non-hydrogen) atoms. The van der Waals surface area contributed by atoms with E-state index in [1.54, 1.807) is 0 Å². The molecule has 1 heterocycles. The summed E-state index contributed by atoms with van der Waals surface area (Å²) in [5, 5.41) is 6.90. The molecule has 2 saturated carbocycles. The number of hydrogen-bond donors (Lipinski definition) is 2. The molecule has 0 aromatic heterocycles. The highest BCUT2D eigenvalue weighted by Crippen LogP contribution is 2.40. The highest BCUT2D eigenvalue weighted by molar-refractivity contribution is 5.68. The molecular weight excluding hydrogens is 304 g/mol. The molecule has 0 radical (unpaired) electrons. The average Bonchev–Trinajstić information content (AvgIpc) is 2.89. The zero-order valence-electron chi connectivity index (χ0n) is 15.8. The Morgan fingerprint density at radius 2 is 1.83 bits per heavy atom. The first-order chi connectivity index (χ1) is 11.2. The molecule has 3 fully saturated rings. The highest BCUT2D eigenvalue weighted by Gasteiger charge is 2.55. The summed E-state index contributed by atoms with van der Waals surface area (Å²) in [6, 6.07) is 0.881. The van der Waals surface area contributed by atoms with Crippen LogP contribution in [0.1, 0.15) is 60.3 Å². The minimum atomic E-state index is -0.461. The van der Waals surface area contributed by atoms with E-state index in [2.05, 4.69) is 24.5 Å². The zero-order valence-corrected chi connectivity index (χ0v) is 15.8. The van der Waals surface area contributed by atoms with Crippen molar-refractivity contribution in [2.24, 2.45) is 17.8 Å². The van der Waals surface area contributed by atoms with Gasteiger partial charge in [0.1, 0.15) is 5.60 Å². The van der Waals surface area contributed by atoms with Crippen LogP contribution in [0.5, 0.6) is 0 Å². The van der Waals surface area contributed by atoms with Gasteiger partial charge in [0.25, 0.3) is 0 Å². The number of amides is 1. The molecule has 0 aromatic rings. The SMILES string of the molecule is CC1CCC(NC2C(NC(=O)OC(C)(C)C)C3CCOC32)CC1C. The summed E-state index contributed by atoms with van der Waals surface area (Å²) >= 11 is 0. The molecule has 1 saturated heterocycles. The smallest absolute Gasteiger partial charge is 0.407 e. The third-order valence-electron chi connectivity index (χ3n) is 6.10. The molecule has 3 aliphatic rings. The Balaban J connectivity index is 1.57. The summed E-state index contributed by atoms with van der Waals surface area (Å²) in [6.07, 6.45) is 4.69. The Hall–Kier alpha value is -0.810. The van der Waals surface area contributed by atoms with Crippen molar-refractivity contribution >= 4 is 6.09 Å². The summed E-state index contributed by atoms with van der Waals surface area (Å²) in [7, 11) is 0. The minimum absolute atomic E-state index is 0.127. The van der Waals surface area contributed by atoms with Crippen LogP contribution in [-0.2, 0) is 9.47 Å². The first kappa shape index (κ1) is 18.0. The van der Waals surface area contributed by atoms with Crippen LogP contribution in [0, 0.1) is 17.8 Å². The van der Waals surface area contributed by atoms with Crippen molar-refractivity contribution in [2.45, 2.75) is 90.1 Å². The number of carbonyl (C=O) groups excluding carboxylic acids is 1. The zero-order chi connectivity index (χ0) is 17.5. The number of nitrogens with one attached hydrogen (secondary N) is 2. The molecule has 2 N–H and O–H groups in total. The van der Waals surface area contributed by atoms with Crippen molar-refractivity contribution in [1.29, 1.82) is 0 Å². The molecule has 7 atom stereocenters. The largest absolute Gasteiger partial charge is 0.444 e. The van der Waals surface area contributed by atoms with Crippen LogP contribution in [0.15, 0.2) is 0 Å². The standard InChI is InChI=1S/C19H34N2O3/c1-11-6-7-13(10-12(11)2)20-16-15(14-8-9-23-17(14)16)21-18(22)24-19(3,4)5/h11-17,20H,6-10H2,1-5H3,(H,21,22). The molecular formula is C19H34N2O3. The molecule has 5 heteroatoms. The van der Waals surface area contributed by atoms with Crippen LogP contribution in [0.3, 0.4) is 0 Å². The van der Waals surface area contributed by atoms with Crippen molar-refractivity contribution in [2.75, 3.05) is 6.61 Å². The van der Waals surface area contributed by atoms with Gasteiger partial charge in [0, 0.05) is 18.6 Å². The van der Waals surface area contributed by atoms with Gasteiger partial charge in [0.2, 0.25) is 0 Å². The predicted octanol–water partition coefficient (Wildman–Crippen LogP) is 3.08. The number of carbonyl (C=O) groups is 1. The van der Waals surface area contributed by atoms with Gasteiger partial charge in [-0.2, -0.15) is 0 Å². The van der Waals surface area contributed by atoms with Gasteiger partial charge in [-0.1, -0.05) is 13.8 Å². The van der Waals surface area contributed by atoms with Crippen LogP contribution in [0.25, 0.3) is 0 Å². The lowest BCUT2D eigenvalue weighted by atomic mass is 9.70. The van der Waals surface area contributed by atoms with Crippen molar-refractivity contribution in [3.05, 3.63) is 0 Å². The maximum Gasteiger partial charge on any atom is 0.407 e.